The van der Waals surface area contributed by atoms with Crippen LogP contribution in [0.4, 0.5) is 0 Å². The number of hydrogen-bond acceptors (Lipinski definition) is 3. The number of nitrogens with zero attached hydrogens (tertiary/aromatic N) is 2. The van der Waals surface area contributed by atoms with Crippen LogP contribution in [0.2, 0.25) is 0 Å². The largest absolute Gasteiger partial charge is 0.225 e. The lowest BCUT2D eigenvalue weighted by atomic mass is 10.2. The molecular formula is C11H7BrN2S. The van der Waals surface area contributed by atoms with Gasteiger partial charge >= 0.3 is 0 Å². The highest BCUT2D eigenvalue weighted by molar-refractivity contribution is 9.10. The quantitative estimate of drug-likeness (QED) is 0.797. The van der Waals surface area contributed by atoms with E-state index in [1.807, 2.05) is 31.2 Å². The van der Waals surface area contributed by atoms with Gasteiger partial charge in [0.2, 0.25) is 0 Å². The molecule has 0 radical (unpaired) electrons. The van der Waals surface area contributed by atoms with E-state index in [1.165, 1.54) is 0 Å². The van der Waals surface area contributed by atoms with Gasteiger partial charge in [0.25, 0.3) is 0 Å². The minimum Gasteiger partial charge on any atom is -0.225 e. The first-order valence-corrected chi connectivity index (χ1v) is 5.95. The van der Waals surface area contributed by atoms with E-state index in [-0.39, 0.29) is 0 Å². The highest BCUT2D eigenvalue weighted by Gasteiger charge is 2.08. The molecule has 0 spiro atoms. The maximum atomic E-state index is 8.82. The second-order valence-electron chi connectivity index (χ2n) is 3.05. The van der Waals surface area contributed by atoms with E-state index in [4.69, 9.17) is 5.26 Å². The Morgan fingerprint density at radius 3 is 2.87 bits per heavy atom. The van der Waals surface area contributed by atoms with Crippen LogP contribution in [-0.2, 0) is 0 Å². The number of benzene rings is 1. The summed E-state index contributed by atoms with van der Waals surface area (Å²) in [5.74, 6) is 0. The van der Waals surface area contributed by atoms with Crippen molar-refractivity contribution in [1.82, 2.24) is 4.98 Å². The Balaban J connectivity index is 2.51. The lowest BCUT2D eigenvalue weighted by Gasteiger charge is -1.95. The number of aromatic nitrogens is 1. The molecule has 0 N–H and O–H groups in total. The molecule has 74 valence electrons. The molecule has 1 aromatic heterocycles. The molecule has 0 saturated heterocycles. The molecule has 1 heterocycles. The van der Waals surface area contributed by atoms with Crippen molar-refractivity contribution in [3.05, 3.63) is 39.3 Å². The van der Waals surface area contributed by atoms with Gasteiger partial charge in [-0.05, 0) is 19.1 Å². The summed E-state index contributed by atoms with van der Waals surface area (Å²) in [5, 5.41) is 9.71. The fourth-order valence-electron chi connectivity index (χ4n) is 1.25. The van der Waals surface area contributed by atoms with Crippen LogP contribution in [0.3, 0.4) is 0 Å². The summed E-state index contributed by atoms with van der Waals surface area (Å²) in [6.07, 6.45) is 0. The van der Waals surface area contributed by atoms with Crippen molar-refractivity contribution in [3.63, 3.8) is 0 Å². The second-order valence-corrected chi connectivity index (χ2v) is 5.16. The van der Waals surface area contributed by atoms with Crippen molar-refractivity contribution in [2.45, 2.75) is 6.92 Å². The van der Waals surface area contributed by atoms with Crippen molar-refractivity contribution in [1.29, 1.82) is 5.26 Å². The van der Waals surface area contributed by atoms with E-state index in [0.29, 0.717) is 5.69 Å². The molecule has 2 rings (SSSR count). The van der Waals surface area contributed by atoms with Gasteiger partial charge in [-0.3, -0.25) is 0 Å². The third-order valence-electron chi connectivity index (χ3n) is 1.97. The van der Waals surface area contributed by atoms with Gasteiger partial charge in [-0.15, -0.1) is 11.3 Å². The highest BCUT2D eigenvalue weighted by Crippen LogP contribution is 2.28. The van der Waals surface area contributed by atoms with Crippen LogP contribution < -0.4 is 0 Å². The zero-order valence-corrected chi connectivity index (χ0v) is 10.4. The molecule has 0 aliphatic carbocycles. The summed E-state index contributed by atoms with van der Waals surface area (Å²) in [6.45, 7) is 1.91. The monoisotopic (exact) mass is 278 g/mol. The first-order chi connectivity index (χ1) is 7.20. The Bertz CT molecular complexity index is 540. The summed E-state index contributed by atoms with van der Waals surface area (Å²) in [7, 11) is 0. The first kappa shape index (κ1) is 10.3. The number of thiazole rings is 1. The highest BCUT2D eigenvalue weighted by atomic mass is 79.9. The third-order valence-corrected chi connectivity index (χ3v) is 3.49. The maximum Gasteiger partial charge on any atom is 0.155 e. The molecule has 0 amide bonds. The molecule has 15 heavy (non-hydrogen) atoms. The van der Waals surface area contributed by atoms with Crippen LogP contribution >= 0.6 is 27.3 Å². The van der Waals surface area contributed by atoms with E-state index in [0.717, 1.165) is 19.9 Å². The molecule has 0 aliphatic heterocycles. The average Bonchev–Trinajstić information content (AvgIpc) is 2.60. The molecule has 0 saturated carbocycles. The normalized spacial score (nSPS) is 9.93. The Morgan fingerprint density at radius 2 is 2.27 bits per heavy atom. The molecule has 2 nitrogen and oxygen atoms in total. The number of halogens is 1. The lowest BCUT2D eigenvalue weighted by molar-refractivity contribution is 1.30. The van der Waals surface area contributed by atoms with Gasteiger partial charge in [-0.2, -0.15) is 5.26 Å². The van der Waals surface area contributed by atoms with Crippen molar-refractivity contribution < 1.29 is 0 Å². The zero-order valence-electron chi connectivity index (χ0n) is 7.99. The molecular weight excluding hydrogens is 272 g/mol. The van der Waals surface area contributed by atoms with Gasteiger partial charge in [0.15, 0.2) is 5.69 Å². The van der Waals surface area contributed by atoms with Gasteiger partial charge in [0.05, 0.1) is 0 Å². The summed E-state index contributed by atoms with van der Waals surface area (Å²) >= 11 is 4.96. The Morgan fingerprint density at radius 1 is 1.47 bits per heavy atom. The second kappa shape index (κ2) is 4.13. The standard InChI is InChI=1S/C11H7BrN2S/c1-7-10(6-13)14-11(15-7)8-3-2-4-9(12)5-8/h2-5H,1H3. The predicted octanol–water partition coefficient (Wildman–Crippen LogP) is 3.75. The number of hydrogen-bond donors (Lipinski definition) is 0. The topological polar surface area (TPSA) is 36.7 Å². The van der Waals surface area contributed by atoms with Gasteiger partial charge in [-0.1, -0.05) is 28.1 Å². The van der Waals surface area contributed by atoms with Crippen LogP contribution in [-0.4, -0.2) is 4.98 Å². The number of rotatable bonds is 1. The Kier molecular flexibility index (Phi) is 2.85. The molecule has 4 heteroatoms. The lowest BCUT2D eigenvalue weighted by Crippen LogP contribution is -1.78. The Labute approximate surface area is 100 Å². The van der Waals surface area contributed by atoms with Gasteiger partial charge < -0.3 is 0 Å². The summed E-state index contributed by atoms with van der Waals surface area (Å²) < 4.78 is 1.02. The molecule has 0 atom stereocenters. The summed E-state index contributed by atoms with van der Waals surface area (Å²) in [5.41, 5.74) is 1.56. The predicted molar refractivity (Wildman–Crippen MR) is 64.7 cm³/mol. The van der Waals surface area contributed by atoms with Crippen LogP contribution in [0.5, 0.6) is 0 Å². The Hall–Kier alpha value is -1.18. The zero-order chi connectivity index (χ0) is 10.8. The minimum absolute atomic E-state index is 0.523. The summed E-state index contributed by atoms with van der Waals surface area (Å²) in [6, 6.07) is 10.0. The van der Waals surface area contributed by atoms with Crippen molar-refractivity contribution in [3.8, 4) is 16.6 Å². The number of nitriles is 1. The number of aryl methyl sites for hydroxylation is 1. The molecule has 0 aliphatic rings. The molecule has 2 aromatic rings. The van der Waals surface area contributed by atoms with E-state index in [9.17, 15) is 0 Å². The van der Waals surface area contributed by atoms with Crippen LogP contribution in [0, 0.1) is 18.3 Å². The van der Waals surface area contributed by atoms with Crippen LogP contribution in [0.1, 0.15) is 10.6 Å². The fraction of sp³-hybridized carbons (Fsp3) is 0.0909. The summed E-state index contributed by atoms with van der Waals surface area (Å²) in [4.78, 5) is 5.24. The average molecular weight is 279 g/mol. The van der Waals surface area contributed by atoms with Gasteiger partial charge in [0.1, 0.15) is 11.1 Å². The smallest absolute Gasteiger partial charge is 0.155 e. The SMILES string of the molecule is Cc1sc(-c2cccc(Br)c2)nc1C#N. The van der Waals surface area contributed by atoms with Crippen molar-refractivity contribution in [2.24, 2.45) is 0 Å². The van der Waals surface area contributed by atoms with Crippen LogP contribution in [0.15, 0.2) is 28.7 Å². The van der Waals surface area contributed by atoms with Crippen molar-refractivity contribution >= 4 is 27.3 Å². The van der Waals surface area contributed by atoms with Crippen LogP contribution in [0.25, 0.3) is 10.6 Å². The molecule has 0 unspecified atom stereocenters. The third kappa shape index (κ3) is 2.09. The van der Waals surface area contributed by atoms with Gasteiger partial charge in [0, 0.05) is 14.9 Å². The van der Waals surface area contributed by atoms with E-state index in [1.54, 1.807) is 11.3 Å². The molecule has 1 aromatic carbocycles. The van der Waals surface area contributed by atoms with Gasteiger partial charge in [-0.25, -0.2) is 4.98 Å². The fourth-order valence-corrected chi connectivity index (χ4v) is 2.50. The molecule has 0 fully saturated rings. The first-order valence-electron chi connectivity index (χ1n) is 4.34. The van der Waals surface area contributed by atoms with E-state index >= 15 is 0 Å². The van der Waals surface area contributed by atoms with E-state index in [2.05, 4.69) is 27.0 Å². The maximum absolute atomic E-state index is 8.82. The minimum atomic E-state index is 0.523. The van der Waals surface area contributed by atoms with Crippen molar-refractivity contribution in [2.75, 3.05) is 0 Å². The molecule has 0 bridgehead atoms. The van der Waals surface area contributed by atoms with E-state index < -0.39 is 0 Å².